The molecule has 0 aliphatic carbocycles. The molecule has 0 aliphatic rings. The molecule has 2 rings (SSSR count). The number of carbonyl (C=O) groups excluding carboxylic acids is 1. The molecule has 0 spiro atoms. The lowest BCUT2D eigenvalue weighted by Gasteiger charge is -2.13. The number of benzene rings is 2. The fourth-order valence-corrected chi connectivity index (χ4v) is 3.06. The summed E-state index contributed by atoms with van der Waals surface area (Å²) in [7, 11) is 0. The summed E-state index contributed by atoms with van der Waals surface area (Å²) in [6.07, 6.45) is 0. The van der Waals surface area contributed by atoms with E-state index < -0.39 is 16.9 Å². The molecule has 6 heteroatoms. The first-order chi connectivity index (χ1) is 9.97. The van der Waals surface area contributed by atoms with E-state index in [2.05, 4.69) is 21.2 Å². The summed E-state index contributed by atoms with van der Waals surface area (Å²) < 4.78 is 27.4. The van der Waals surface area contributed by atoms with Gasteiger partial charge in [0.1, 0.15) is 11.6 Å². The van der Waals surface area contributed by atoms with E-state index in [1.165, 1.54) is 11.8 Å². The van der Waals surface area contributed by atoms with Crippen molar-refractivity contribution in [3.05, 3.63) is 58.6 Å². The molecule has 0 saturated carbocycles. The Balaban J connectivity index is 2.06. The first-order valence-electron chi connectivity index (χ1n) is 6.14. The van der Waals surface area contributed by atoms with E-state index in [4.69, 9.17) is 0 Å². The lowest BCUT2D eigenvalue weighted by atomic mass is 10.3. The van der Waals surface area contributed by atoms with Gasteiger partial charge in [-0.15, -0.1) is 11.8 Å². The lowest BCUT2D eigenvalue weighted by molar-refractivity contribution is -0.115. The van der Waals surface area contributed by atoms with Crippen molar-refractivity contribution < 1.29 is 13.6 Å². The van der Waals surface area contributed by atoms with Crippen LogP contribution in [0, 0.1) is 11.6 Å². The van der Waals surface area contributed by atoms with Crippen LogP contribution in [0.5, 0.6) is 0 Å². The number of amides is 1. The number of halogens is 3. The third-order valence-electron chi connectivity index (χ3n) is 2.70. The second-order valence-corrected chi connectivity index (χ2v) is 6.54. The fraction of sp³-hybridized carbons (Fsp3) is 0.133. The smallest absolute Gasteiger partial charge is 0.237 e. The number of nitrogens with one attached hydrogen (secondary N) is 1. The van der Waals surface area contributed by atoms with Gasteiger partial charge in [0.25, 0.3) is 0 Å². The first kappa shape index (κ1) is 16.0. The molecule has 0 aromatic heterocycles. The average molecular weight is 372 g/mol. The molecule has 0 aliphatic heterocycles. The molecular formula is C15H12BrF2NOS. The van der Waals surface area contributed by atoms with Gasteiger partial charge in [0.05, 0.1) is 10.9 Å². The van der Waals surface area contributed by atoms with Crippen molar-refractivity contribution in [2.45, 2.75) is 17.1 Å². The normalized spacial score (nSPS) is 12.0. The van der Waals surface area contributed by atoms with Gasteiger partial charge in [-0.1, -0.05) is 12.1 Å². The Hall–Kier alpha value is -1.40. The van der Waals surface area contributed by atoms with Crippen molar-refractivity contribution in [2.75, 3.05) is 5.32 Å². The molecule has 1 atom stereocenters. The second kappa shape index (κ2) is 7.04. The number of thioether (sulfide) groups is 1. The maximum absolute atomic E-state index is 13.5. The summed E-state index contributed by atoms with van der Waals surface area (Å²) in [5, 5.41) is 1.95. The SMILES string of the molecule is C[C@H](Sc1ccccc1Br)C(=O)Nc1cc(F)ccc1F. The Morgan fingerprint density at radius 3 is 2.67 bits per heavy atom. The molecule has 2 nitrogen and oxygen atoms in total. The predicted molar refractivity (Wildman–Crippen MR) is 84.4 cm³/mol. The van der Waals surface area contributed by atoms with Gasteiger partial charge in [0.2, 0.25) is 5.91 Å². The van der Waals surface area contributed by atoms with Crippen molar-refractivity contribution in [2.24, 2.45) is 0 Å². The van der Waals surface area contributed by atoms with Crippen LogP contribution < -0.4 is 5.32 Å². The molecule has 0 fully saturated rings. The first-order valence-corrected chi connectivity index (χ1v) is 7.81. The Bertz CT molecular complexity index is 666. The van der Waals surface area contributed by atoms with E-state index in [0.29, 0.717) is 0 Å². The minimum atomic E-state index is -0.664. The van der Waals surface area contributed by atoms with Crippen molar-refractivity contribution in [1.82, 2.24) is 0 Å². The highest BCUT2D eigenvalue weighted by Gasteiger charge is 2.17. The number of rotatable bonds is 4. The molecule has 0 heterocycles. The third-order valence-corrected chi connectivity index (χ3v) is 4.83. The monoisotopic (exact) mass is 371 g/mol. The second-order valence-electron chi connectivity index (χ2n) is 4.30. The number of anilines is 1. The Morgan fingerprint density at radius 2 is 1.95 bits per heavy atom. The number of hydrogen-bond acceptors (Lipinski definition) is 2. The molecule has 1 amide bonds. The predicted octanol–water partition coefficient (Wildman–Crippen LogP) is 4.85. The van der Waals surface area contributed by atoms with Gasteiger partial charge < -0.3 is 5.32 Å². The van der Waals surface area contributed by atoms with Gasteiger partial charge in [0, 0.05) is 15.4 Å². The highest BCUT2D eigenvalue weighted by molar-refractivity contribution is 9.10. The van der Waals surface area contributed by atoms with Crippen LogP contribution in [0.3, 0.4) is 0 Å². The molecular weight excluding hydrogens is 360 g/mol. The van der Waals surface area contributed by atoms with Crippen molar-refractivity contribution >= 4 is 39.3 Å². The highest BCUT2D eigenvalue weighted by atomic mass is 79.9. The van der Waals surface area contributed by atoms with Crippen LogP contribution in [-0.4, -0.2) is 11.2 Å². The summed E-state index contributed by atoms with van der Waals surface area (Å²) in [4.78, 5) is 13.0. The van der Waals surface area contributed by atoms with E-state index in [-0.39, 0.29) is 11.6 Å². The van der Waals surface area contributed by atoms with Crippen molar-refractivity contribution in [1.29, 1.82) is 0 Å². The summed E-state index contributed by atoms with van der Waals surface area (Å²) in [6, 6.07) is 10.4. The summed E-state index contributed by atoms with van der Waals surface area (Å²) >= 11 is 4.73. The lowest BCUT2D eigenvalue weighted by Crippen LogP contribution is -2.23. The molecule has 110 valence electrons. The van der Waals surface area contributed by atoms with Crippen LogP contribution in [0.4, 0.5) is 14.5 Å². The molecule has 21 heavy (non-hydrogen) atoms. The number of carbonyl (C=O) groups is 1. The van der Waals surface area contributed by atoms with E-state index in [0.717, 1.165) is 27.6 Å². The van der Waals surface area contributed by atoms with E-state index in [1.807, 2.05) is 24.3 Å². The molecule has 0 unspecified atom stereocenters. The quantitative estimate of drug-likeness (QED) is 0.778. The summed E-state index contributed by atoms with van der Waals surface area (Å²) in [5.74, 6) is -1.65. The Labute approximate surface area is 134 Å². The fourth-order valence-electron chi connectivity index (χ4n) is 1.61. The van der Waals surface area contributed by atoms with Gasteiger partial charge in [-0.3, -0.25) is 4.79 Å². The van der Waals surface area contributed by atoms with Crippen molar-refractivity contribution in [3.8, 4) is 0 Å². The van der Waals surface area contributed by atoms with Gasteiger partial charge in [0.15, 0.2) is 0 Å². The van der Waals surface area contributed by atoms with Gasteiger partial charge in [-0.25, -0.2) is 8.78 Å². The highest BCUT2D eigenvalue weighted by Crippen LogP contribution is 2.31. The Morgan fingerprint density at radius 1 is 1.24 bits per heavy atom. The average Bonchev–Trinajstić information content (AvgIpc) is 2.45. The molecule has 0 saturated heterocycles. The molecule has 1 N–H and O–H groups in total. The van der Waals surface area contributed by atoms with E-state index in [9.17, 15) is 13.6 Å². The zero-order valence-corrected chi connectivity index (χ0v) is 13.5. The van der Waals surface area contributed by atoms with Crippen LogP contribution in [0.1, 0.15) is 6.92 Å². The minimum Gasteiger partial charge on any atom is -0.323 e. The van der Waals surface area contributed by atoms with Gasteiger partial charge >= 0.3 is 0 Å². The molecule has 2 aromatic carbocycles. The summed E-state index contributed by atoms with van der Waals surface area (Å²) in [5.41, 5.74) is -0.153. The zero-order chi connectivity index (χ0) is 15.4. The van der Waals surface area contributed by atoms with Crippen molar-refractivity contribution in [3.63, 3.8) is 0 Å². The maximum Gasteiger partial charge on any atom is 0.237 e. The van der Waals surface area contributed by atoms with Crippen LogP contribution >= 0.6 is 27.7 Å². The maximum atomic E-state index is 13.5. The minimum absolute atomic E-state index is 0.153. The molecule has 2 aromatic rings. The van der Waals surface area contributed by atoms with Crippen LogP contribution in [-0.2, 0) is 4.79 Å². The van der Waals surface area contributed by atoms with Crippen LogP contribution in [0.15, 0.2) is 51.8 Å². The number of hydrogen-bond donors (Lipinski definition) is 1. The molecule has 0 bridgehead atoms. The van der Waals surface area contributed by atoms with E-state index in [1.54, 1.807) is 6.92 Å². The summed E-state index contributed by atoms with van der Waals surface area (Å²) in [6.45, 7) is 1.71. The van der Waals surface area contributed by atoms with E-state index >= 15 is 0 Å². The van der Waals surface area contributed by atoms with Crippen LogP contribution in [0.25, 0.3) is 0 Å². The topological polar surface area (TPSA) is 29.1 Å². The van der Waals surface area contributed by atoms with Gasteiger partial charge in [-0.2, -0.15) is 0 Å². The Kier molecular flexibility index (Phi) is 5.36. The standard InChI is InChI=1S/C15H12BrF2NOS/c1-9(21-14-5-3-2-4-11(14)16)15(20)19-13-8-10(17)6-7-12(13)18/h2-9H,1H3,(H,19,20)/t9-/m0/s1. The van der Waals surface area contributed by atoms with Crippen LogP contribution in [0.2, 0.25) is 0 Å². The third kappa shape index (κ3) is 4.28. The largest absolute Gasteiger partial charge is 0.323 e. The zero-order valence-electron chi connectivity index (χ0n) is 11.1. The van der Waals surface area contributed by atoms with Gasteiger partial charge in [-0.05, 0) is 47.1 Å². The molecule has 0 radical (unpaired) electrons.